The first kappa shape index (κ1) is 17.4. The maximum absolute atomic E-state index is 14.3. The van der Waals surface area contributed by atoms with E-state index in [9.17, 15) is 13.2 Å². The van der Waals surface area contributed by atoms with Crippen molar-refractivity contribution in [3.63, 3.8) is 0 Å². The highest BCUT2D eigenvalue weighted by Gasteiger charge is 2.25. The molecule has 0 aliphatic carbocycles. The van der Waals surface area contributed by atoms with Gasteiger partial charge in [-0.15, -0.1) is 0 Å². The number of aromatic nitrogens is 4. The Kier molecular flexibility index (Phi) is 4.29. The zero-order chi connectivity index (χ0) is 18.4. The van der Waals surface area contributed by atoms with Gasteiger partial charge in [0.1, 0.15) is 28.9 Å². The van der Waals surface area contributed by atoms with Crippen LogP contribution in [0.4, 0.5) is 19.0 Å². The van der Waals surface area contributed by atoms with Gasteiger partial charge in [0.05, 0.1) is 11.1 Å². The Morgan fingerprint density at radius 1 is 1.08 bits per heavy atom. The number of hydrogen-bond donors (Lipinski definition) is 2. The van der Waals surface area contributed by atoms with Crippen LogP contribution in [0.1, 0.15) is 20.8 Å². The van der Waals surface area contributed by atoms with Crippen molar-refractivity contribution in [1.29, 1.82) is 0 Å². The van der Waals surface area contributed by atoms with E-state index in [4.69, 9.17) is 11.6 Å². The van der Waals surface area contributed by atoms with E-state index >= 15 is 0 Å². The molecule has 132 valence electrons. The van der Waals surface area contributed by atoms with Crippen molar-refractivity contribution in [2.24, 2.45) is 0 Å². The minimum atomic E-state index is -1.11. The second kappa shape index (κ2) is 6.16. The normalized spacial score (nSPS) is 12.0. The summed E-state index contributed by atoms with van der Waals surface area (Å²) >= 11 is 6.15. The number of hydrogen-bond acceptors (Lipinski definition) is 5. The molecule has 0 bridgehead atoms. The molecule has 2 heterocycles. The predicted molar refractivity (Wildman–Crippen MR) is 87.6 cm³/mol. The van der Waals surface area contributed by atoms with Crippen LogP contribution in [0.25, 0.3) is 16.9 Å². The van der Waals surface area contributed by atoms with Crippen molar-refractivity contribution in [2.75, 3.05) is 5.43 Å². The summed E-state index contributed by atoms with van der Waals surface area (Å²) in [5.41, 5.74) is 4.80. The molecule has 0 fully saturated rings. The van der Waals surface area contributed by atoms with Crippen molar-refractivity contribution >= 4 is 23.2 Å². The van der Waals surface area contributed by atoms with E-state index in [1.54, 1.807) is 0 Å². The third-order valence-corrected chi connectivity index (χ3v) is 3.47. The molecule has 0 aliphatic heterocycles. The standard InChI is InChI=1S/C15H14ClF3N6/c1-15(2,3)24-23-13-11(10-8(18)4-7(17)5-9(10)19)12(16)22-14-20-6-21-25(13)14/h4-6,23-24H,1-3H3. The second-order valence-electron chi connectivity index (χ2n) is 6.34. The first-order valence-corrected chi connectivity index (χ1v) is 7.62. The molecule has 1 aromatic carbocycles. The highest BCUT2D eigenvalue weighted by Crippen LogP contribution is 2.37. The zero-order valence-corrected chi connectivity index (χ0v) is 14.3. The molecule has 2 aromatic heterocycles. The fraction of sp³-hybridized carbons (Fsp3) is 0.267. The van der Waals surface area contributed by atoms with E-state index in [2.05, 4.69) is 25.9 Å². The number of halogens is 4. The molecule has 0 atom stereocenters. The molecular weight excluding hydrogens is 357 g/mol. The van der Waals surface area contributed by atoms with E-state index in [0.717, 1.165) is 0 Å². The lowest BCUT2D eigenvalue weighted by Crippen LogP contribution is -2.40. The summed E-state index contributed by atoms with van der Waals surface area (Å²) in [7, 11) is 0. The smallest absolute Gasteiger partial charge is 0.255 e. The summed E-state index contributed by atoms with van der Waals surface area (Å²) in [5.74, 6) is -3.01. The quantitative estimate of drug-likeness (QED) is 0.545. The Morgan fingerprint density at radius 3 is 2.32 bits per heavy atom. The van der Waals surface area contributed by atoms with Crippen LogP contribution in [0.3, 0.4) is 0 Å². The van der Waals surface area contributed by atoms with Crippen LogP contribution in [0, 0.1) is 17.5 Å². The summed E-state index contributed by atoms with van der Waals surface area (Å²) in [4.78, 5) is 7.90. The van der Waals surface area contributed by atoms with Gasteiger partial charge in [0.2, 0.25) is 0 Å². The zero-order valence-electron chi connectivity index (χ0n) is 13.5. The maximum atomic E-state index is 14.3. The molecule has 0 aliphatic rings. The molecule has 0 unspecified atom stereocenters. The van der Waals surface area contributed by atoms with Crippen molar-refractivity contribution < 1.29 is 13.2 Å². The average Bonchev–Trinajstić information content (AvgIpc) is 2.92. The second-order valence-corrected chi connectivity index (χ2v) is 6.70. The molecule has 10 heteroatoms. The molecule has 0 spiro atoms. The first-order valence-electron chi connectivity index (χ1n) is 7.25. The van der Waals surface area contributed by atoms with Crippen LogP contribution in [0.15, 0.2) is 18.5 Å². The van der Waals surface area contributed by atoms with Crippen LogP contribution >= 0.6 is 11.6 Å². The van der Waals surface area contributed by atoms with Crippen LogP contribution in [0.5, 0.6) is 0 Å². The summed E-state index contributed by atoms with van der Waals surface area (Å²) in [6.07, 6.45) is 1.22. The average molecular weight is 371 g/mol. The van der Waals surface area contributed by atoms with Crippen molar-refractivity contribution in [3.05, 3.63) is 41.1 Å². The molecule has 0 saturated carbocycles. The molecule has 25 heavy (non-hydrogen) atoms. The summed E-state index contributed by atoms with van der Waals surface area (Å²) < 4.78 is 43.1. The lowest BCUT2D eigenvalue weighted by Gasteiger charge is -2.23. The minimum Gasteiger partial charge on any atom is -0.305 e. The van der Waals surface area contributed by atoms with Crippen LogP contribution < -0.4 is 10.9 Å². The van der Waals surface area contributed by atoms with Crippen molar-refractivity contribution in [3.8, 4) is 11.1 Å². The maximum Gasteiger partial charge on any atom is 0.255 e. The van der Waals surface area contributed by atoms with E-state index in [0.29, 0.717) is 12.1 Å². The predicted octanol–water partition coefficient (Wildman–Crippen LogP) is 3.58. The molecule has 0 saturated heterocycles. The summed E-state index contributed by atoms with van der Waals surface area (Å²) in [6.45, 7) is 5.63. The Hall–Kier alpha value is -2.39. The Labute approximate surface area is 146 Å². The van der Waals surface area contributed by atoms with Crippen LogP contribution in [-0.4, -0.2) is 25.1 Å². The summed E-state index contributed by atoms with van der Waals surface area (Å²) in [5, 5.41) is 3.78. The lowest BCUT2D eigenvalue weighted by atomic mass is 10.1. The molecular formula is C15H14ClF3N6. The largest absolute Gasteiger partial charge is 0.305 e. The topological polar surface area (TPSA) is 67.1 Å². The molecule has 6 nitrogen and oxygen atoms in total. The Balaban J connectivity index is 2.29. The lowest BCUT2D eigenvalue weighted by molar-refractivity contribution is 0.463. The van der Waals surface area contributed by atoms with Crippen LogP contribution in [0.2, 0.25) is 5.15 Å². The molecule has 3 aromatic rings. The molecule has 0 amide bonds. The third kappa shape index (κ3) is 3.38. The fourth-order valence-corrected chi connectivity index (χ4v) is 2.44. The van der Waals surface area contributed by atoms with Gasteiger partial charge in [-0.2, -0.15) is 19.6 Å². The van der Waals surface area contributed by atoms with Gasteiger partial charge in [0, 0.05) is 17.7 Å². The minimum absolute atomic E-state index is 0.105. The highest BCUT2D eigenvalue weighted by atomic mass is 35.5. The first-order chi connectivity index (χ1) is 11.7. The summed E-state index contributed by atoms with van der Waals surface area (Å²) in [6, 6.07) is 1.14. The monoisotopic (exact) mass is 370 g/mol. The number of nitrogens with zero attached hydrogens (tertiary/aromatic N) is 4. The van der Waals surface area contributed by atoms with Crippen molar-refractivity contribution in [1.82, 2.24) is 25.0 Å². The highest BCUT2D eigenvalue weighted by molar-refractivity contribution is 6.33. The van der Waals surface area contributed by atoms with Crippen molar-refractivity contribution in [2.45, 2.75) is 26.3 Å². The Morgan fingerprint density at radius 2 is 1.72 bits per heavy atom. The van der Waals surface area contributed by atoms with Gasteiger partial charge in [-0.1, -0.05) is 11.6 Å². The van der Waals surface area contributed by atoms with E-state index < -0.39 is 23.0 Å². The fourth-order valence-electron chi connectivity index (χ4n) is 2.18. The van der Waals surface area contributed by atoms with E-state index in [1.807, 2.05) is 20.8 Å². The van der Waals surface area contributed by atoms with Gasteiger partial charge in [-0.25, -0.2) is 18.6 Å². The van der Waals surface area contributed by atoms with Gasteiger partial charge in [0.25, 0.3) is 5.78 Å². The Bertz CT molecular complexity index is 927. The van der Waals surface area contributed by atoms with E-state index in [-0.39, 0.29) is 27.9 Å². The SMILES string of the molecule is CC(C)(C)NNc1c(-c2c(F)cc(F)cc2F)c(Cl)nc2ncnn12. The number of hydrazine groups is 1. The molecule has 3 rings (SSSR count). The van der Waals surface area contributed by atoms with Gasteiger partial charge in [0.15, 0.2) is 5.82 Å². The molecule has 0 radical (unpaired) electrons. The van der Waals surface area contributed by atoms with Gasteiger partial charge in [-0.05, 0) is 20.8 Å². The van der Waals surface area contributed by atoms with Gasteiger partial charge in [-0.3, -0.25) is 0 Å². The van der Waals surface area contributed by atoms with Gasteiger partial charge < -0.3 is 5.43 Å². The number of rotatable bonds is 3. The number of fused-ring (bicyclic) bond motifs is 1. The number of nitrogens with one attached hydrogen (secondary N) is 2. The third-order valence-electron chi connectivity index (χ3n) is 3.20. The number of anilines is 1. The van der Waals surface area contributed by atoms with Gasteiger partial charge >= 0.3 is 0 Å². The molecule has 2 N–H and O–H groups in total. The number of benzene rings is 1. The van der Waals surface area contributed by atoms with Crippen LogP contribution in [-0.2, 0) is 0 Å². The van der Waals surface area contributed by atoms with E-state index in [1.165, 1.54) is 10.8 Å².